The molecule has 35 heavy (non-hydrogen) atoms. The third-order valence-corrected chi connectivity index (χ3v) is 6.10. The SMILES string of the molecule is CCCOC(=O)c1c(NC(=O)c2ccc(COc3ccc(C(C)=O)cc3)o2)sc(C(=O)OC)c1C. The maximum Gasteiger partial charge on any atom is 0.348 e. The fraction of sp³-hybridized carbons (Fsp3) is 0.280. The Kier molecular flexibility index (Phi) is 8.43. The molecule has 0 bridgehead atoms. The molecule has 0 unspecified atom stereocenters. The highest BCUT2D eigenvalue weighted by atomic mass is 32.1. The molecule has 0 fully saturated rings. The Morgan fingerprint density at radius 2 is 1.74 bits per heavy atom. The van der Waals surface area contributed by atoms with Crippen molar-refractivity contribution in [3.8, 4) is 5.75 Å². The predicted octanol–water partition coefficient (Wildman–Crippen LogP) is 5.04. The molecule has 1 aromatic carbocycles. The van der Waals surface area contributed by atoms with Crippen LogP contribution in [0.3, 0.4) is 0 Å². The van der Waals surface area contributed by atoms with Crippen LogP contribution >= 0.6 is 11.3 Å². The van der Waals surface area contributed by atoms with E-state index in [9.17, 15) is 19.2 Å². The summed E-state index contributed by atoms with van der Waals surface area (Å²) < 4.78 is 21.2. The standard InChI is InChI=1S/C25H25NO8S/c1-5-12-32-24(29)20-14(2)21(25(30)31-4)35-23(20)26-22(28)19-11-10-18(34-19)13-33-17-8-6-16(7-9-17)15(3)27/h6-11H,5,12-13H2,1-4H3,(H,26,28). The van der Waals surface area contributed by atoms with Crippen molar-refractivity contribution in [1.29, 1.82) is 0 Å². The van der Waals surface area contributed by atoms with Gasteiger partial charge < -0.3 is 23.9 Å². The van der Waals surface area contributed by atoms with Gasteiger partial charge in [-0.25, -0.2) is 9.59 Å². The fourth-order valence-electron chi connectivity index (χ4n) is 3.08. The fourth-order valence-corrected chi connectivity index (χ4v) is 4.19. The van der Waals surface area contributed by atoms with Crippen molar-refractivity contribution < 1.29 is 37.8 Å². The average molecular weight is 500 g/mol. The van der Waals surface area contributed by atoms with E-state index >= 15 is 0 Å². The molecule has 3 rings (SSSR count). The molecule has 2 aromatic heterocycles. The Bertz CT molecular complexity index is 1240. The maximum absolute atomic E-state index is 12.8. The molecule has 2 heterocycles. The second-order valence-electron chi connectivity index (χ2n) is 7.48. The van der Waals surface area contributed by atoms with Gasteiger partial charge in [-0.3, -0.25) is 9.59 Å². The molecule has 0 saturated carbocycles. The van der Waals surface area contributed by atoms with Crippen LogP contribution in [0.25, 0.3) is 0 Å². The van der Waals surface area contributed by atoms with Crippen molar-refractivity contribution >= 4 is 40.0 Å². The Morgan fingerprint density at radius 1 is 1.03 bits per heavy atom. The molecule has 0 atom stereocenters. The molecule has 1 N–H and O–H groups in total. The average Bonchev–Trinajstić information content (AvgIpc) is 3.45. The number of ether oxygens (including phenoxy) is 3. The number of amides is 1. The number of Topliss-reactive ketones (excluding diaryl/α,β-unsaturated/α-hetero) is 1. The van der Waals surface area contributed by atoms with Crippen molar-refractivity contribution in [3.63, 3.8) is 0 Å². The summed E-state index contributed by atoms with van der Waals surface area (Å²) in [6, 6.07) is 9.73. The molecular weight excluding hydrogens is 474 g/mol. The van der Waals surface area contributed by atoms with E-state index in [4.69, 9.17) is 18.6 Å². The second kappa shape index (κ2) is 11.5. The second-order valence-corrected chi connectivity index (χ2v) is 8.50. The van der Waals surface area contributed by atoms with Gasteiger partial charge in [-0.05, 0) is 62.2 Å². The van der Waals surface area contributed by atoms with E-state index < -0.39 is 17.8 Å². The summed E-state index contributed by atoms with van der Waals surface area (Å²) in [5.41, 5.74) is 1.04. The van der Waals surface area contributed by atoms with E-state index in [2.05, 4.69) is 5.32 Å². The molecule has 10 heteroatoms. The molecule has 3 aromatic rings. The summed E-state index contributed by atoms with van der Waals surface area (Å²) in [6.45, 7) is 5.19. The lowest BCUT2D eigenvalue weighted by atomic mass is 10.1. The minimum atomic E-state index is -0.643. The van der Waals surface area contributed by atoms with Crippen LogP contribution in [0.5, 0.6) is 5.75 Å². The lowest BCUT2D eigenvalue weighted by Gasteiger charge is -2.07. The van der Waals surface area contributed by atoms with Crippen molar-refractivity contribution in [2.24, 2.45) is 0 Å². The van der Waals surface area contributed by atoms with Gasteiger partial charge >= 0.3 is 11.9 Å². The van der Waals surface area contributed by atoms with Gasteiger partial charge in [0.2, 0.25) is 0 Å². The van der Waals surface area contributed by atoms with E-state index in [1.807, 2.05) is 6.92 Å². The van der Waals surface area contributed by atoms with E-state index in [1.54, 1.807) is 37.3 Å². The van der Waals surface area contributed by atoms with Gasteiger partial charge in [0.25, 0.3) is 5.91 Å². The van der Waals surface area contributed by atoms with Crippen LogP contribution in [-0.4, -0.2) is 37.3 Å². The molecule has 184 valence electrons. The lowest BCUT2D eigenvalue weighted by Crippen LogP contribution is -2.14. The molecule has 0 radical (unpaired) electrons. The number of benzene rings is 1. The highest BCUT2D eigenvalue weighted by molar-refractivity contribution is 7.18. The minimum Gasteiger partial charge on any atom is -0.486 e. The van der Waals surface area contributed by atoms with Crippen molar-refractivity contribution in [3.05, 3.63) is 69.5 Å². The first-order valence-corrected chi connectivity index (χ1v) is 11.6. The normalized spacial score (nSPS) is 10.5. The van der Waals surface area contributed by atoms with Crippen LogP contribution in [0.4, 0.5) is 5.00 Å². The summed E-state index contributed by atoms with van der Waals surface area (Å²) >= 11 is 0.923. The third kappa shape index (κ3) is 6.15. The zero-order valence-electron chi connectivity index (χ0n) is 19.8. The van der Waals surface area contributed by atoms with Crippen LogP contribution in [-0.2, 0) is 16.1 Å². The largest absolute Gasteiger partial charge is 0.486 e. The molecular formula is C25H25NO8S. The number of carbonyl (C=O) groups excluding carboxylic acids is 4. The smallest absolute Gasteiger partial charge is 0.348 e. The van der Waals surface area contributed by atoms with E-state index in [0.717, 1.165) is 11.3 Å². The molecule has 0 spiro atoms. The van der Waals surface area contributed by atoms with E-state index in [-0.39, 0.29) is 40.2 Å². The topological polar surface area (TPSA) is 121 Å². The zero-order chi connectivity index (χ0) is 25.5. The van der Waals surface area contributed by atoms with Gasteiger partial charge in [-0.1, -0.05) is 6.92 Å². The number of anilines is 1. The summed E-state index contributed by atoms with van der Waals surface area (Å²) in [5.74, 6) is -0.984. The number of furan rings is 1. The van der Waals surface area contributed by atoms with Gasteiger partial charge in [0.15, 0.2) is 11.5 Å². The summed E-state index contributed by atoms with van der Waals surface area (Å²) in [4.78, 5) is 49.1. The van der Waals surface area contributed by atoms with Crippen LogP contribution < -0.4 is 10.1 Å². The Morgan fingerprint density at radius 3 is 2.37 bits per heavy atom. The minimum absolute atomic E-state index is 0.00549. The van der Waals surface area contributed by atoms with Crippen LogP contribution in [0.1, 0.15) is 72.5 Å². The first-order valence-electron chi connectivity index (χ1n) is 10.8. The highest BCUT2D eigenvalue weighted by Gasteiger charge is 2.28. The molecule has 0 saturated heterocycles. The Balaban J connectivity index is 1.73. The number of carbonyl (C=O) groups is 4. The molecule has 9 nitrogen and oxygen atoms in total. The molecule has 0 aliphatic rings. The zero-order valence-corrected chi connectivity index (χ0v) is 20.6. The number of rotatable bonds is 10. The van der Waals surface area contributed by atoms with Crippen molar-refractivity contribution in [1.82, 2.24) is 0 Å². The number of methoxy groups -OCH3 is 1. The maximum atomic E-state index is 12.8. The van der Waals surface area contributed by atoms with E-state index in [1.165, 1.54) is 20.1 Å². The highest BCUT2D eigenvalue weighted by Crippen LogP contribution is 2.34. The predicted molar refractivity (Wildman–Crippen MR) is 128 cm³/mol. The molecule has 0 aliphatic carbocycles. The number of esters is 2. The summed E-state index contributed by atoms with van der Waals surface area (Å²) in [7, 11) is 1.24. The van der Waals surface area contributed by atoms with Gasteiger partial charge in [0.05, 0.1) is 19.3 Å². The summed E-state index contributed by atoms with van der Waals surface area (Å²) in [6.07, 6.45) is 0.624. The van der Waals surface area contributed by atoms with Gasteiger partial charge in [-0.2, -0.15) is 0 Å². The lowest BCUT2D eigenvalue weighted by molar-refractivity contribution is 0.0506. The third-order valence-electron chi connectivity index (χ3n) is 4.91. The van der Waals surface area contributed by atoms with Crippen LogP contribution in [0.2, 0.25) is 0 Å². The van der Waals surface area contributed by atoms with Crippen LogP contribution in [0, 0.1) is 6.92 Å². The Labute approximate surface area is 206 Å². The summed E-state index contributed by atoms with van der Waals surface area (Å²) in [5, 5.41) is 2.79. The van der Waals surface area contributed by atoms with Gasteiger partial charge in [0, 0.05) is 5.56 Å². The van der Waals surface area contributed by atoms with Crippen molar-refractivity contribution in [2.75, 3.05) is 19.0 Å². The van der Waals surface area contributed by atoms with Gasteiger partial charge in [0.1, 0.15) is 28.0 Å². The molecule has 1 amide bonds. The van der Waals surface area contributed by atoms with Gasteiger partial charge in [-0.15, -0.1) is 11.3 Å². The first kappa shape index (κ1) is 25.7. The number of thiophene rings is 1. The van der Waals surface area contributed by atoms with Crippen LogP contribution in [0.15, 0.2) is 40.8 Å². The monoisotopic (exact) mass is 499 g/mol. The Hall–Kier alpha value is -3.92. The quantitative estimate of drug-likeness (QED) is 0.304. The number of hydrogen-bond acceptors (Lipinski definition) is 9. The van der Waals surface area contributed by atoms with Crippen molar-refractivity contribution in [2.45, 2.75) is 33.8 Å². The van der Waals surface area contributed by atoms with E-state index in [0.29, 0.717) is 29.1 Å². The first-order chi connectivity index (χ1) is 16.7. The number of hydrogen-bond donors (Lipinski definition) is 1. The number of nitrogens with one attached hydrogen (secondary N) is 1. The molecule has 0 aliphatic heterocycles. The number of ketones is 1.